The van der Waals surface area contributed by atoms with Crippen LogP contribution in [0.1, 0.15) is 11.1 Å². The molecule has 2 heterocycles. The Balaban J connectivity index is 1.87. The van der Waals surface area contributed by atoms with Crippen molar-refractivity contribution in [3.63, 3.8) is 0 Å². The van der Waals surface area contributed by atoms with Crippen LogP contribution in [-0.2, 0) is 20.9 Å². The smallest absolute Gasteiger partial charge is 0.336 e. The molecule has 27 heavy (non-hydrogen) atoms. The maximum absolute atomic E-state index is 12.9. The molecule has 0 saturated carbocycles. The lowest BCUT2D eigenvalue weighted by atomic mass is 9.95. The third kappa shape index (κ3) is 2.86. The van der Waals surface area contributed by atoms with Gasteiger partial charge >= 0.3 is 5.97 Å². The summed E-state index contributed by atoms with van der Waals surface area (Å²) in [6.45, 7) is 4.54. The van der Waals surface area contributed by atoms with Crippen molar-refractivity contribution in [2.45, 2.75) is 18.6 Å². The van der Waals surface area contributed by atoms with Crippen LogP contribution < -0.4 is 5.32 Å². The first-order valence-electron chi connectivity index (χ1n) is 8.79. The summed E-state index contributed by atoms with van der Waals surface area (Å²) in [5, 5.41) is 2.84. The molecule has 2 aliphatic rings. The first kappa shape index (κ1) is 17.2. The third-order valence-electron chi connectivity index (χ3n) is 5.06. The molecule has 2 atom stereocenters. The summed E-state index contributed by atoms with van der Waals surface area (Å²) in [5.41, 5.74) is 3.58. The molecule has 0 spiro atoms. The fourth-order valence-corrected chi connectivity index (χ4v) is 3.97. The molecular weight excluding hydrogens is 340 g/mol. The molecule has 1 amide bonds. The summed E-state index contributed by atoms with van der Waals surface area (Å²) in [6, 6.07) is 18.4. The van der Waals surface area contributed by atoms with Gasteiger partial charge in [-0.3, -0.25) is 9.69 Å². The molecule has 0 radical (unpaired) electrons. The van der Waals surface area contributed by atoms with Crippen LogP contribution in [0, 0.1) is 0 Å². The second-order valence-electron chi connectivity index (χ2n) is 6.66. The quantitative estimate of drug-likeness (QED) is 0.852. The average Bonchev–Trinajstić information content (AvgIpc) is 2.97. The lowest BCUT2D eigenvalue weighted by Gasteiger charge is -2.37. The second kappa shape index (κ2) is 6.85. The third-order valence-corrected chi connectivity index (χ3v) is 5.06. The highest BCUT2D eigenvalue weighted by Gasteiger charge is 2.52. The first-order chi connectivity index (χ1) is 13.1. The number of carbonyl (C=O) groups is 2. The number of benzene rings is 2. The Bertz CT molecular complexity index is 935. The Morgan fingerprint density at radius 1 is 1.07 bits per heavy atom. The zero-order valence-electron chi connectivity index (χ0n) is 15.0. The number of hydrogen-bond acceptors (Lipinski definition) is 4. The van der Waals surface area contributed by atoms with Crippen molar-refractivity contribution >= 4 is 17.4 Å². The summed E-state index contributed by atoms with van der Waals surface area (Å²) in [5.74, 6) is -0.609. The van der Waals surface area contributed by atoms with E-state index >= 15 is 0 Å². The SMILES string of the molecule is C=C1NC(=O)C2C(c3ccccc3)=C(C(=O)OC)C1N2Cc1ccccc1. The van der Waals surface area contributed by atoms with Crippen LogP contribution in [0.5, 0.6) is 0 Å². The highest BCUT2D eigenvalue weighted by atomic mass is 16.5. The van der Waals surface area contributed by atoms with Crippen molar-refractivity contribution in [1.82, 2.24) is 10.2 Å². The fourth-order valence-electron chi connectivity index (χ4n) is 3.97. The molecule has 4 rings (SSSR count). The van der Waals surface area contributed by atoms with Gasteiger partial charge in [0.25, 0.3) is 0 Å². The zero-order valence-corrected chi connectivity index (χ0v) is 15.0. The van der Waals surface area contributed by atoms with Gasteiger partial charge in [-0.15, -0.1) is 0 Å². The van der Waals surface area contributed by atoms with Gasteiger partial charge in [0.15, 0.2) is 0 Å². The summed E-state index contributed by atoms with van der Waals surface area (Å²) >= 11 is 0. The number of ether oxygens (including phenoxy) is 1. The normalized spacial score (nSPS) is 22.0. The summed E-state index contributed by atoms with van der Waals surface area (Å²) in [7, 11) is 1.36. The molecule has 2 bridgehead atoms. The molecule has 136 valence electrons. The predicted molar refractivity (Wildman–Crippen MR) is 102 cm³/mol. The van der Waals surface area contributed by atoms with Crippen LogP contribution in [0.25, 0.3) is 5.57 Å². The van der Waals surface area contributed by atoms with Crippen molar-refractivity contribution in [1.29, 1.82) is 0 Å². The predicted octanol–water partition coefficient (Wildman–Crippen LogP) is 2.51. The second-order valence-corrected chi connectivity index (χ2v) is 6.66. The van der Waals surface area contributed by atoms with E-state index < -0.39 is 18.1 Å². The van der Waals surface area contributed by atoms with E-state index in [1.54, 1.807) is 0 Å². The number of methoxy groups -OCH3 is 1. The number of nitrogens with zero attached hydrogens (tertiary/aromatic N) is 1. The van der Waals surface area contributed by atoms with Gasteiger partial charge in [-0.1, -0.05) is 67.2 Å². The van der Waals surface area contributed by atoms with Crippen LogP contribution in [-0.4, -0.2) is 36.0 Å². The minimum Gasteiger partial charge on any atom is -0.466 e. The molecule has 1 fully saturated rings. The molecule has 2 unspecified atom stereocenters. The molecule has 2 aromatic carbocycles. The van der Waals surface area contributed by atoms with Crippen molar-refractivity contribution < 1.29 is 14.3 Å². The molecule has 2 aliphatic heterocycles. The van der Waals surface area contributed by atoms with E-state index in [0.717, 1.165) is 11.1 Å². The maximum atomic E-state index is 12.9. The molecule has 2 aromatic rings. The van der Waals surface area contributed by atoms with Gasteiger partial charge < -0.3 is 10.1 Å². The number of carbonyl (C=O) groups excluding carboxylic acids is 2. The topological polar surface area (TPSA) is 58.6 Å². The van der Waals surface area contributed by atoms with Crippen molar-refractivity contribution in [2.24, 2.45) is 0 Å². The van der Waals surface area contributed by atoms with Crippen LogP contribution >= 0.6 is 0 Å². The van der Waals surface area contributed by atoms with Crippen LogP contribution in [0.2, 0.25) is 0 Å². The Kier molecular flexibility index (Phi) is 4.38. The largest absolute Gasteiger partial charge is 0.466 e. The van der Waals surface area contributed by atoms with Gasteiger partial charge in [-0.05, 0) is 16.7 Å². The lowest BCUT2D eigenvalue weighted by Crippen LogP contribution is -2.55. The van der Waals surface area contributed by atoms with E-state index in [2.05, 4.69) is 11.9 Å². The number of nitrogens with one attached hydrogen (secondary N) is 1. The van der Waals surface area contributed by atoms with Crippen molar-refractivity contribution in [3.05, 3.63) is 89.6 Å². The Hall–Kier alpha value is -3.18. The highest BCUT2D eigenvalue weighted by Crippen LogP contribution is 2.43. The number of esters is 1. The molecule has 0 aromatic heterocycles. The molecule has 1 saturated heterocycles. The summed E-state index contributed by atoms with van der Waals surface area (Å²) < 4.78 is 5.07. The lowest BCUT2D eigenvalue weighted by molar-refractivity contribution is -0.137. The van der Waals surface area contributed by atoms with Gasteiger partial charge in [0.1, 0.15) is 6.04 Å². The van der Waals surface area contributed by atoms with Crippen LogP contribution in [0.3, 0.4) is 0 Å². The number of fused-ring (bicyclic) bond motifs is 2. The minimum absolute atomic E-state index is 0.176. The minimum atomic E-state index is -0.572. The van der Waals surface area contributed by atoms with Gasteiger partial charge in [0, 0.05) is 12.2 Å². The Labute approximate surface area is 157 Å². The summed E-state index contributed by atoms with van der Waals surface area (Å²) in [4.78, 5) is 27.6. The number of amides is 1. The Morgan fingerprint density at radius 2 is 1.70 bits per heavy atom. The van der Waals surface area contributed by atoms with Crippen molar-refractivity contribution in [2.75, 3.05) is 7.11 Å². The van der Waals surface area contributed by atoms with E-state index in [0.29, 0.717) is 23.4 Å². The monoisotopic (exact) mass is 360 g/mol. The summed E-state index contributed by atoms with van der Waals surface area (Å²) in [6.07, 6.45) is 0. The fraction of sp³-hybridized carbons (Fsp3) is 0.182. The number of rotatable bonds is 4. The Morgan fingerprint density at radius 3 is 2.33 bits per heavy atom. The first-order valence-corrected chi connectivity index (χ1v) is 8.79. The van der Waals surface area contributed by atoms with E-state index in [9.17, 15) is 9.59 Å². The van der Waals surface area contributed by atoms with Crippen molar-refractivity contribution in [3.8, 4) is 0 Å². The number of piperazine rings is 1. The average molecular weight is 360 g/mol. The van der Waals surface area contributed by atoms with Gasteiger partial charge in [-0.2, -0.15) is 0 Å². The standard InChI is InChI=1S/C22H20N2O3/c1-14-19-18(22(26)27-2)17(16-11-7-4-8-12-16)20(21(25)23-14)24(19)13-15-9-5-3-6-10-15/h3-12,19-20H,1,13H2,2H3,(H,23,25). The van der Waals surface area contributed by atoms with Crippen LogP contribution in [0.4, 0.5) is 0 Å². The highest BCUT2D eigenvalue weighted by molar-refractivity contribution is 6.10. The van der Waals surface area contributed by atoms with E-state index in [4.69, 9.17) is 4.74 Å². The van der Waals surface area contributed by atoms with E-state index in [1.165, 1.54) is 7.11 Å². The van der Waals surface area contributed by atoms with E-state index in [1.807, 2.05) is 65.6 Å². The molecule has 1 N–H and O–H groups in total. The molecule has 0 aliphatic carbocycles. The molecule has 5 nitrogen and oxygen atoms in total. The molecule has 5 heteroatoms. The van der Waals surface area contributed by atoms with E-state index in [-0.39, 0.29) is 5.91 Å². The van der Waals surface area contributed by atoms with Gasteiger partial charge in [-0.25, -0.2) is 4.79 Å². The van der Waals surface area contributed by atoms with Gasteiger partial charge in [0.2, 0.25) is 5.91 Å². The van der Waals surface area contributed by atoms with Crippen LogP contribution in [0.15, 0.2) is 78.5 Å². The zero-order chi connectivity index (χ0) is 19.0. The number of hydrogen-bond donors (Lipinski definition) is 1. The van der Waals surface area contributed by atoms with Gasteiger partial charge in [0.05, 0.1) is 18.7 Å². The maximum Gasteiger partial charge on any atom is 0.336 e. The molecular formula is C22H20N2O3.